The number of methoxy groups -OCH3 is 1. The smallest absolute Gasteiger partial charge is 0.410 e. The summed E-state index contributed by atoms with van der Waals surface area (Å²) in [5, 5.41) is 5.76. The third-order valence-corrected chi connectivity index (χ3v) is 7.15. The lowest BCUT2D eigenvalue weighted by molar-refractivity contribution is 0.0206. The molecule has 41 heavy (non-hydrogen) atoms. The van der Waals surface area contributed by atoms with Gasteiger partial charge in [0, 0.05) is 37.0 Å². The highest BCUT2D eigenvalue weighted by atomic mass is 16.6. The fraction of sp³-hybridized carbons (Fsp3) is 0.312. The number of hydrogen-bond donors (Lipinski definition) is 1. The molecule has 2 aromatic heterocycles. The number of carbonyl (C=O) groups excluding carboxylic acids is 1. The van der Waals surface area contributed by atoms with Gasteiger partial charge in [-0.2, -0.15) is 4.98 Å². The van der Waals surface area contributed by atoms with E-state index in [2.05, 4.69) is 40.6 Å². The van der Waals surface area contributed by atoms with Gasteiger partial charge in [0.2, 0.25) is 5.95 Å². The molecule has 1 fully saturated rings. The largest absolute Gasteiger partial charge is 0.497 e. The molecule has 0 bridgehead atoms. The third kappa shape index (κ3) is 5.66. The van der Waals surface area contributed by atoms with E-state index >= 15 is 0 Å². The van der Waals surface area contributed by atoms with E-state index in [1.54, 1.807) is 18.2 Å². The molecule has 3 heterocycles. The second-order valence-corrected chi connectivity index (χ2v) is 11.3. The summed E-state index contributed by atoms with van der Waals surface area (Å²) in [4.78, 5) is 28.9. The summed E-state index contributed by atoms with van der Waals surface area (Å²) in [6.45, 7) is 6.84. The van der Waals surface area contributed by atoms with Gasteiger partial charge in [-0.25, -0.2) is 14.8 Å². The normalized spacial score (nSPS) is 15.7. The van der Waals surface area contributed by atoms with E-state index < -0.39 is 5.60 Å². The van der Waals surface area contributed by atoms with Crippen molar-refractivity contribution in [2.75, 3.05) is 25.5 Å². The summed E-state index contributed by atoms with van der Waals surface area (Å²) >= 11 is 0. The zero-order valence-corrected chi connectivity index (χ0v) is 23.8. The summed E-state index contributed by atoms with van der Waals surface area (Å²) in [7, 11) is 1.66. The molecule has 3 aromatic carbocycles. The Morgan fingerprint density at radius 2 is 1.83 bits per heavy atom. The number of carbonyl (C=O) groups is 1. The number of hydrogen-bond acceptors (Lipinski definition) is 7. The molecule has 0 aliphatic carbocycles. The van der Waals surface area contributed by atoms with Crippen LogP contribution >= 0.6 is 0 Å². The topological polar surface area (TPSA) is 94.4 Å². The average Bonchev–Trinajstić information content (AvgIpc) is 3.35. The number of rotatable bonds is 5. The molecule has 1 atom stereocenters. The van der Waals surface area contributed by atoms with E-state index in [1.165, 1.54) is 5.39 Å². The SMILES string of the molecule is COc1ccc2nc(-c3ccc4ccccc4c3)n(-c3ccnc(NC4CCCN(C(=O)OC(C)(C)C)C4)n3)c2c1. The summed E-state index contributed by atoms with van der Waals surface area (Å²) in [6.07, 6.45) is 3.22. The van der Waals surface area contributed by atoms with Crippen molar-refractivity contribution in [1.82, 2.24) is 24.4 Å². The van der Waals surface area contributed by atoms with E-state index in [1.807, 2.05) is 61.7 Å². The Bertz CT molecular complexity index is 1720. The number of ether oxygens (including phenoxy) is 2. The first kappa shape index (κ1) is 26.6. The number of piperidine rings is 1. The van der Waals surface area contributed by atoms with Crippen LogP contribution in [0, 0.1) is 0 Å². The number of anilines is 1. The highest BCUT2D eigenvalue weighted by Gasteiger charge is 2.28. The molecule has 9 nitrogen and oxygen atoms in total. The number of nitrogens with zero attached hydrogens (tertiary/aromatic N) is 5. The van der Waals surface area contributed by atoms with E-state index in [0.29, 0.717) is 24.9 Å². The van der Waals surface area contributed by atoms with E-state index in [9.17, 15) is 4.79 Å². The molecular weight excluding hydrogens is 516 g/mol. The van der Waals surface area contributed by atoms with Crippen molar-refractivity contribution in [1.29, 1.82) is 0 Å². The highest BCUT2D eigenvalue weighted by Crippen LogP contribution is 2.32. The molecule has 210 valence electrons. The molecule has 5 aromatic rings. The Hall–Kier alpha value is -4.66. The van der Waals surface area contributed by atoms with Gasteiger partial charge in [-0.05, 0) is 68.7 Å². The van der Waals surface area contributed by atoms with Crippen molar-refractivity contribution in [2.24, 2.45) is 0 Å². The number of amides is 1. The second-order valence-electron chi connectivity index (χ2n) is 11.3. The molecular formula is C32H34N6O3. The average molecular weight is 551 g/mol. The fourth-order valence-corrected chi connectivity index (χ4v) is 5.25. The Morgan fingerprint density at radius 3 is 2.63 bits per heavy atom. The number of likely N-dealkylation sites (tertiary alicyclic amines) is 1. The molecule has 1 aliphatic heterocycles. The lowest BCUT2D eigenvalue weighted by atomic mass is 10.1. The van der Waals surface area contributed by atoms with Gasteiger partial charge >= 0.3 is 6.09 Å². The zero-order valence-electron chi connectivity index (χ0n) is 23.8. The van der Waals surface area contributed by atoms with Crippen LogP contribution in [-0.2, 0) is 4.74 Å². The van der Waals surface area contributed by atoms with Gasteiger partial charge in [0.1, 0.15) is 23.0 Å². The molecule has 0 saturated carbocycles. The van der Waals surface area contributed by atoms with E-state index in [4.69, 9.17) is 19.4 Å². The predicted octanol–water partition coefficient (Wildman–Crippen LogP) is 6.46. The van der Waals surface area contributed by atoms with Crippen molar-refractivity contribution in [3.63, 3.8) is 0 Å². The van der Waals surface area contributed by atoms with Crippen molar-refractivity contribution < 1.29 is 14.3 Å². The highest BCUT2D eigenvalue weighted by molar-refractivity contribution is 5.89. The van der Waals surface area contributed by atoms with Crippen LogP contribution in [-0.4, -0.2) is 62.4 Å². The molecule has 1 amide bonds. The number of aromatic nitrogens is 4. The van der Waals surface area contributed by atoms with Crippen LogP contribution in [0.25, 0.3) is 39.0 Å². The molecule has 1 saturated heterocycles. The first-order valence-corrected chi connectivity index (χ1v) is 13.9. The molecule has 1 N–H and O–H groups in total. The minimum absolute atomic E-state index is 0.00565. The maximum Gasteiger partial charge on any atom is 0.410 e. The van der Waals surface area contributed by atoms with Crippen molar-refractivity contribution in [2.45, 2.75) is 45.3 Å². The molecule has 9 heteroatoms. The van der Waals surface area contributed by atoms with E-state index in [-0.39, 0.29) is 12.1 Å². The summed E-state index contributed by atoms with van der Waals surface area (Å²) in [5.74, 6) is 2.69. The number of imidazole rings is 1. The van der Waals surface area contributed by atoms with Crippen LogP contribution in [0.4, 0.5) is 10.7 Å². The fourth-order valence-electron chi connectivity index (χ4n) is 5.25. The Labute approximate surface area is 239 Å². The lowest BCUT2D eigenvalue weighted by Crippen LogP contribution is -2.47. The number of nitrogens with one attached hydrogen (secondary N) is 1. The van der Waals surface area contributed by atoms with Crippen molar-refractivity contribution in [3.8, 4) is 23.0 Å². The van der Waals surface area contributed by atoms with E-state index in [0.717, 1.165) is 46.4 Å². The van der Waals surface area contributed by atoms with Gasteiger partial charge < -0.3 is 19.7 Å². The summed E-state index contributed by atoms with van der Waals surface area (Å²) in [6, 6.07) is 22.4. The minimum atomic E-state index is -0.534. The second kappa shape index (κ2) is 10.7. The first-order valence-electron chi connectivity index (χ1n) is 13.9. The van der Waals surface area contributed by atoms with Gasteiger partial charge in [-0.1, -0.05) is 36.4 Å². The van der Waals surface area contributed by atoms with Crippen LogP contribution in [0.15, 0.2) is 72.9 Å². The van der Waals surface area contributed by atoms with Crippen molar-refractivity contribution in [3.05, 3.63) is 72.9 Å². The zero-order chi connectivity index (χ0) is 28.6. The first-order chi connectivity index (χ1) is 19.8. The van der Waals surface area contributed by atoms with Crippen LogP contribution in [0.3, 0.4) is 0 Å². The van der Waals surface area contributed by atoms with Gasteiger partial charge in [0.05, 0.1) is 18.1 Å². The van der Waals surface area contributed by atoms with Gasteiger partial charge in [-0.3, -0.25) is 4.57 Å². The standard InChI is InChI=1S/C32H34N6O3/c1-32(2,3)41-31(39)37-17-7-10-24(20-37)34-30-33-16-15-28(36-30)38-27-19-25(40-4)13-14-26(27)35-29(38)23-12-11-21-8-5-6-9-22(21)18-23/h5-6,8-9,11-16,18-19,24H,7,10,17,20H2,1-4H3,(H,33,34,36). The number of benzene rings is 3. The molecule has 6 rings (SSSR count). The molecule has 0 radical (unpaired) electrons. The Morgan fingerprint density at radius 1 is 1.00 bits per heavy atom. The summed E-state index contributed by atoms with van der Waals surface area (Å²) in [5.41, 5.74) is 2.16. The Kier molecular flexibility index (Phi) is 6.95. The van der Waals surface area contributed by atoms with Crippen LogP contribution in [0.2, 0.25) is 0 Å². The third-order valence-electron chi connectivity index (χ3n) is 7.15. The van der Waals surface area contributed by atoms with Gasteiger partial charge in [0.25, 0.3) is 0 Å². The van der Waals surface area contributed by atoms with Crippen LogP contribution in [0.5, 0.6) is 5.75 Å². The maximum absolute atomic E-state index is 12.7. The molecule has 1 unspecified atom stereocenters. The van der Waals surface area contributed by atoms with Gasteiger partial charge in [0.15, 0.2) is 0 Å². The summed E-state index contributed by atoms with van der Waals surface area (Å²) < 4.78 is 13.2. The molecule has 1 aliphatic rings. The predicted molar refractivity (Wildman–Crippen MR) is 161 cm³/mol. The lowest BCUT2D eigenvalue weighted by Gasteiger charge is -2.34. The molecule has 0 spiro atoms. The van der Waals surface area contributed by atoms with Crippen LogP contribution in [0.1, 0.15) is 33.6 Å². The number of fused-ring (bicyclic) bond motifs is 2. The monoisotopic (exact) mass is 550 g/mol. The van der Waals surface area contributed by atoms with Gasteiger partial charge in [-0.15, -0.1) is 0 Å². The van der Waals surface area contributed by atoms with Crippen molar-refractivity contribution >= 4 is 33.8 Å². The minimum Gasteiger partial charge on any atom is -0.497 e. The Balaban J connectivity index is 1.35. The quantitative estimate of drug-likeness (QED) is 0.269. The maximum atomic E-state index is 12.7. The van der Waals surface area contributed by atoms with Crippen LogP contribution < -0.4 is 10.1 Å².